The summed E-state index contributed by atoms with van der Waals surface area (Å²) in [6.45, 7) is 1.86. The number of piperidine rings is 1. The third-order valence-corrected chi connectivity index (χ3v) is 5.14. The number of anilines is 1. The number of ether oxygens (including phenoxy) is 1. The van der Waals surface area contributed by atoms with Gasteiger partial charge in [-0.25, -0.2) is 4.98 Å². The first-order chi connectivity index (χ1) is 12.2. The second kappa shape index (κ2) is 6.34. The van der Waals surface area contributed by atoms with Crippen molar-refractivity contribution in [2.45, 2.75) is 25.7 Å². The van der Waals surface area contributed by atoms with E-state index in [-0.39, 0.29) is 18.5 Å². The molecule has 1 N–H and O–H groups in total. The van der Waals surface area contributed by atoms with E-state index in [1.165, 1.54) is 12.8 Å². The van der Waals surface area contributed by atoms with E-state index >= 15 is 0 Å². The largest absolute Gasteiger partial charge is 0.495 e. The van der Waals surface area contributed by atoms with Crippen LogP contribution in [0.25, 0.3) is 11.6 Å². The maximum atomic E-state index is 12.3. The molecule has 2 aromatic rings. The number of nitrogens with one attached hydrogen (secondary N) is 1. The van der Waals surface area contributed by atoms with Crippen molar-refractivity contribution in [1.82, 2.24) is 20.1 Å². The van der Waals surface area contributed by atoms with Crippen molar-refractivity contribution >= 4 is 11.9 Å². The molecule has 0 aromatic carbocycles. The zero-order valence-corrected chi connectivity index (χ0v) is 14.2. The van der Waals surface area contributed by atoms with Gasteiger partial charge in [-0.2, -0.15) is 0 Å². The molecule has 0 radical (unpaired) electrons. The second-order valence-electron chi connectivity index (χ2n) is 6.73. The summed E-state index contributed by atoms with van der Waals surface area (Å²) >= 11 is 0. The van der Waals surface area contributed by atoms with Crippen LogP contribution >= 0.6 is 0 Å². The average molecular weight is 343 g/mol. The Morgan fingerprint density at radius 2 is 2.08 bits per heavy atom. The lowest BCUT2D eigenvalue weighted by Crippen LogP contribution is -2.41. The number of methoxy groups -OCH3 is 1. The molecule has 3 heterocycles. The van der Waals surface area contributed by atoms with Crippen molar-refractivity contribution in [3.63, 3.8) is 0 Å². The van der Waals surface area contributed by atoms with Crippen LogP contribution in [0.4, 0.5) is 6.01 Å². The predicted octanol–water partition coefficient (Wildman–Crippen LogP) is 1.95. The van der Waals surface area contributed by atoms with E-state index in [1.54, 1.807) is 25.4 Å². The minimum absolute atomic E-state index is 0.0674. The zero-order valence-electron chi connectivity index (χ0n) is 14.2. The van der Waals surface area contributed by atoms with E-state index in [0.29, 0.717) is 22.7 Å². The second-order valence-corrected chi connectivity index (χ2v) is 6.73. The maximum absolute atomic E-state index is 12.3. The molecule has 8 nitrogen and oxygen atoms in total. The summed E-state index contributed by atoms with van der Waals surface area (Å²) in [5.41, 5.74) is 1.12. The first-order valence-electron chi connectivity index (χ1n) is 8.53. The number of amides is 1. The highest BCUT2D eigenvalue weighted by Gasteiger charge is 2.44. The molecule has 1 aliphatic carbocycles. The molecule has 0 unspecified atom stereocenters. The number of carbonyl (C=O) groups is 1. The molecule has 1 saturated heterocycles. The van der Waals surface area contributed by atoms with E-state index in [9.17, 15) is 4.79 Å². The molecule has 0 atom stereocenters. The summed E-state index contributed by atoms with van der Waals surface area (Å²) < 4.78 is 10.6. The molecule has 132 valence electrons. The van der Waals surface area contributed by atoms with Crippen molar-refractivity contribution in [2.75, 3.05) is 32.1 Å². The number of nitrogens with zero attached hydrogens (tertiary/aromatic N) is 4. The average Bonchev–Trinajstić information content (AvgIpc) is 3.23. The summed E-state index contributed by atoms with van der Waals surface area (Å²) in [5, 5.41) is 10.8. The summed E-state index contributed by atoms with van der Waals surface area (Å²) in [5.74, 6) is 1.02. The van der Waals surface area contributed by atoms with Crippen molar-refractivity contribution < 1.29 is 13.9 Å². The van der Waals surface area contributed by atoms with Gasteiger partial charge in [0.1, 0.15) is 11.4 Å². The highest BCUT2D eigenvalue weighted by molar-refractivity contribution is 5.80. The number of hydrogen-bond acceptors (Lipinski definition) is 7. The number of aromatic nitrogens is 3. The van der Waals surface area contributed by atoms with Crippen LogP contribution in [0.2, 0.25) is 0 Å². The van der Waals surface area contributed by atoms with Crippen molar-refractivity contribution in [3.8, 4) is 17.3 Å². The van der Waals surface area contributed by atoms with Gasteiger partial charge >= 0.3 is 6.01 Å². The molecule has 0 bridgehead atoms. The molecular weight excluding hydrogens is 322 g/mol. The zero-order chi connectivity index (χ0) is 17.3. The molecular formula is C17H21N5O3. The van der Waals surface area contributed by atoms with Crippen LogP contribution in [0, 0.1) is 5.41 Å². The number of likely N-dealkylation sites (tertiary alicyclic amines) is 1. The maximum Gasteiger partial charge on any atom is 0.316 e. The van der Waals surface area contributed by atoms with Gasteiger partial charge in [-0.1, -0.05) is 5.10 Å². The van der Waals surface area contributed by atoms with Gasteiger partial charge in [-0.05, 0) is 43.2 Å². The van der Waals surface area contributed by atoms with E-state index < -0.39 is 0 Å². The van der Waals surface area contributed by atoms with Gasteiger partial charge < -0.3 is 19.4 Å². The number of hydrogen-bond donors (Lipinski definition) is 1. The van der Waals surface area contributed by atoms with Gasteiger partial charge in [-0.3, -0.25) is 4.79 Å². The fourth-order valence-corrected chi connectivity index (χ4v) is 3.20. The van der Waals surface area contributed by atoms with Crippen molar-refractivity contribution in [3.05, 3.63) is 18.3 Å². The Morgan fingerprint density at radius 1 is 1.28 bits per heavy atom. The molecule has 2 aromatic heterocycles. The van der Waals surface area contributed by atoms with Gasteiger partial charge in [0, 0.05) is 13.1 Å². The Kier molecular flexibility index (Phi) is 4.03. The molecule has 1 saturated carbocycles. The van der Waals surface area contributed by atoms with E-state index in [1.807, 2.05) is 4.90 Å². The monoisotopic (exact) mass is 343 g/mol. The Morgan fingerprint density at radius 3 is 2.72 bits per heavy atom. The summed E-state index contributed by atoms with van der Waals surface area (Å²) in [4.78, 5) is 18.4. The minimum Gasteiger partial charge on any atom is -0.495 e. The van der Waals surface area contributed by atoms with E-state index in [4.69, 9.17) is 9.15 Å². The minimum atomic E-state index is 0.0674. The fraction of sp³-hybridized carbons (Fsp3) is 0.529. The highest BCUT2D eigenvalue weighted by atomic mass is 16.5. The quantitative estimate of drug-likeness (QED) is 0.887. The van der Waals surface area contributed by atoms with E-state index in [2.05, 4.69) is 20.5 Å². The smallest absolute Gasteiger partial charge is 0.316 e. The molecule has 2 aliphatic rings. The topological polar surface area (TPSA) is 93.4 Å². The van der Waals surface area contributed by atoms with Crippen LogP contribution in [0.3, 0.4) is 0 Å². The Labute approximate surface area is 145 Å². The van der Waals surface area contributed by atoms with Gasteiger partial charge in [0.2, 0.25) is 5.91 Å². The van der Waals surface area contributed by atoms with Crippen LogP contribution in [0.1, 0.15) is 25.7 Å². The number of rotatable bonds is 5. The molecule has 1 aliphatic heterocycles. The number of carbonyl (C=O) groups excluding carboxylic acids is 1. The summed E-state index contributed by atoms with van der Waals surface area (Å²) in [7, 11) is 1.58. The highest BCUT2D eigenvalue weighted by Crippen LogP contribution is 2.53. The third kappa shape index (κ3) is 3.42. The van der Waals surface area contributed by atoms with Crippen LogP contribution in [0.15, 0.2) is 22.7 Å². The van der Waals surface area contributed by atoms with Crippen LogP contribution in [0.5, 0.6) is 5.75 Å². The van der Waals surface area contributed by atoms with Crippen molar-refractivity contribution in [2.24, 2.45) is 5.41 Å². The van der Waals surface area contributed by atoms with Gasteiger partial charge in [0.25, 0.3) is 5.89 Å². The van der Waals surface area contributed by atoms with Gasteiger partial charge in [-0.15, -0.1) is 5.10 Å². The molecule has 4 rings (SSSR count). The molecule has 25 heavy (non-hydrogen) atoms. The fourth-order valence-electron chi connectivity index (χ4n) is 3.20. The summed E-state index contributed by atoms with van der Waals surface area (Å²) in [6.07, 6.45) is 6.51. The first-order valence-corrected chi connectivity index (χ1v) is 8.53. The standard InChI is InChI=1S/C17H21N5O3/c1-24-12-2-3-13(18-10-12)15-20-21-16(25-15)19-11-14(23)22-8-6-17(4-5-17)7-9-22/h2-3,10H,4-9,11H2,1H3,(H,19,21). The Hall–Kier alpha value is -2.64. The first kappa shape index (κ1) is 15.9. The lowest BCUT2D eigenvalue weighted by Gasteiger charge is -2.32. The predicted molar refractivity (Wildman–Crippen MR) is 90.1 cm³/mol. The van der Waals surface area contributed by atoms with Crippen LogP contribution < -0.4 is 10.1 Å². The molecule has 8 heteroatoms. The summed E-state index contributed by atoms with van der Waals surface area (Å²) in [6, 6.07) is 3.73. The number of pyridine rings is 1. The third-order valence-electron chi connectivity index (χ3n) is 5.14. The van der Waals surface area contributed by atoms with Crippen LogP contribution in [-0.2, 0) is 4.79 Å². The lowest BCUT2D eigenvalue weighted by atomic mass is 9.94. The molecule has 1 amide bonds. The Bertz CT molecular complexity index is 744. The SMILES string of the molecule is COc1ccc(-c2nnc(NCC(=O)N3CCC4(CC3)CC4)o2)nc1. The Balaban J connectivity index is 1.31. The van der Waals surface area contributed by atoms with Gasteiger partial charge in [0.15, 0.2) is 0 Å². The van der Waals surface area contributed by atoms with E-state index in [0.717, 1.165) is 25.9 Å². The lowest BCUT2D eigenvalue weighted by molar-refractivity contribution is -0.130. The molecule has 1 spiro atoms. The van der Waals surface area contributed by atoms with Crippen molar-refractivity contribution in [1.29, 1.82) is 0 Å². The van der Waals surface area contributed by atoms with Crippen LogP contribution in [-0.4, -0.2) is 52.7 Å². The molecule has 2 fully saturated rings. The normalized spacial score (nSPS) is 18.2. The van der Waals surface area contributed by atoms with Gasteiger partial charge in [0.05, 0.1) is 19.9 Å².